The number of carbonyl (C=O) groups is 3. The Morgan fingerprint density at radius 1 is 1.16 bits per heavy atom. The normalized spacial score (nSPS) is 12.5. The topological polar surface area (TPSA) is 132 Å². The van der Waals surface area contributed by atoms with E-state index < -0.39 is 42.1 Å². The van der Waals surface area contributed by atoms with Crippen molar-refractivity contribution in [3.8, 4) is 11.8 Å². The number of hydrogen-bond donors (Lipinski definition) is 3. The van der Waals surface area contributed by atoms with Crippen LogP contribution in [0.1, 0.15) is 44.4 Å². The summed E-state index contributed by atoms with van der Waals surface area (Å²) < 4.78 is 5.33. The maximum Gasteiger partial charge on any atom is 0.408 e. The van der Waals surface area contributed by atoms with Crippen molar-refractivity contribution in [3.05, 3.63) is 59.7 Å². The van der Waals surface area contributed by atoms with Crippen LogP contribution in [0, 0.1) is 18.3 Å². The van der Waals surface area contributed by atoms with Crippen LogP contribution in [0.15, 0.2) is 48.5 Å². The Morgan fingerprint density at radius 2 is 1.86 bits per heavy atom. The highest BCUT2D eigenvalue weighted by Gasteiger charge is 2.36. The number of thioether (sulfide) groups is 1. The maximum atomic E-state index is 13.8. The fourth-order valence-electron chi connectivity index (χ4n) is 3.60. The van der Waals surface area contributed by atoms with E-state index in [1.807, 2.05) is 31.4 Å². The van der Waals surface area contributed by atoms with Crippen molar-refractivity contribution >= 4 is 35.4 Å². The minimum Gasteiger partial charge on any atom is -0.508 e. The minimum atomic E-state index is -1.25. The highest BCUT2D eigenvalue weighted by molar-refractivity contribution is 7.98. The number of nitriles is 1. The Bertz CT molecular complexity index is 1140. The zero-order valence-electron chi connectivity index (χ0n) is 21.8. The van der Waals surface area contributed by atoms with E-state index >= 15 is 0 Å². The molecule has 2 aromatic rings. The Labute approximate surface area is 222 Å². The van der Waals surface area contributed by atoms with Gasteiger partial charge in [-0.15, -0.1) is 0 Å². The number of ether oxygens (including phenoxy) is 1. The van der Waals surface area contributed by atoms with Gasteiger partial charge in [0, 0.05) is 5.69 Å². The molecule has 0 spiro atoms. The lowest BCUT2D eigenvalue weighted by Crippen LogP contribution is -2.52. The van der Waals surface area contributed by atoms with Crippen molar-refractivity contribution in [2.24, 2.45) is 0 Å². The second-order valence-electron chi connectivity index (χ2n) is 9.41. The number of aromatic hydroxyl groups is 1. The van der Waals surface area contributed by atoms with Gasteiger partial charge in [0.15, 0.2) is 0 Å². The molecular weight excluding hydrogens is 492 g/mol. The SMILES string of the molecule is CSCCC(NC(=O)OC(C)(C)C)C(=O)N(CC#N)C(C(=O)Nc1ccccc1C)c1cccc(O)c1. The molecule has 3 N–H and O–H groups in total. The van der Waals surface area contributed by atoms with Crippen LogP contribution in [-0.4, -0.2) is 58.1 Å². The lowest BCUT2D eigenvalue weighted by atomic mass is 10.0. The van der Waals surface area contributed by atoms with Crippen molar-refractivity contribution in [2.45, 2.75) is 51.8 Å². The summed E-state index contributed by atoms with van der Waals surface area (Å²) in [5.41, 5.74) is 0.901. The number of aryl methyl sites for hydroxylation is 1. The molecule has 0 aliphatic heterocycles. The number of carbonyl (C=O) groups excluding carboxylic acids is 3. The van der Waals surface area contributed by atoms with Crippen LogP contribution in [0.25, 0.3) is 0 Å². The lowest BCUT2D eigenvalue weighted by Gasteiger charge is -2.33. The summed E-state index contributed by atoms with van der Waals surface area (Å²) in [6.45, 7) is 6.54. The van der Waals surface area contributed by atoms with Crippen molar-refractivity contribution in [3.63, 3.8) is 0 Å². The fourth-order valence-corrected chi connectivity index (χ4v) is 4.07. The zero-order valence-corrected chi connectivity index (χ0v) is 22.6. The molecule has 37 heavy (non-hydrogen) atoms. The van der Waals surface area contributed by atoms with E-state index in [0.717, 1.165) is 10.5 Å². The summed E-state index contributed by atoms with van der Waals surface area (Å²) >= 11 is 1.49. The fraction of sp³-hybridized carbons (Fsp3) is 0.407. The van der Waals surface area contributed by atoms with Gasteiger partial charge in [0.25, 0.3) is 5.91 Å². The molecule has 0 fully saturated rings. The predicted molar refractivity (Wildman–Crippen MR) is 144 cm³/mol. The number of phenolic OH excluding ortho intramolecular Hbond substituents is 1. The lowest BCUT2D eigenvalue weighted by molar-refractivity contribution is -0.140. The first-order chi connectivity index (χ1) is 17.5. The quantitative estimate of drug-likeness (QED) is 0.392. The second kappa shape index (κ2) is 13.6. The molecule has 0 aliphatic rings. The molecule has 10 heteroatoms. The Hall–Kier alpha value is -3.71. The number of anilines is 1. The molecule has 0 aromatic heterocycles. The highest BCUT2D eigenvalue weighted by Crippen LogP contribution is 2.27. The van der Waals surface area contributed by atoms with Gasteiger partial charge in [-0.25, -0.2) is 4.79 Å². The average Bonchev–Trinajstić information content (AvgIpc) is 2.81. The molecule has 0 saturated carbocycles. The smallest absolute Gasteiger partial charge is 0.408 e. The van der Waals surface area contributed by atoms with Gasteiger partial charge >= 0.3 is 6.09 Å². The van der Waals surface area contributed by atoms with Gasteiger partial charge in [-0.05, 0) is 75.5 Å². The molecule has 0 bridgehead atoms. The monoisotopic (exact) mass is 526 g/mol. The third kappa shape index (κ3) is 9.03. The Morgan fingerprint density at radius 3 is 2.46 bits per heavy atom. The molecule has 2 unspecified atom stereocenters. The first kappa shape index (κ1) is 29.5. The summed E-state index contributed by atoms with van der Waals surface area (Å²) in [4.78, 5) is 41.1. The van der Waals surface area contributed by atoms with Gasteiger partial charge in [0.05, 0.1) is 6.07 Å². The van der Waals surface area contributed by atoms with Gasteiger partial charge in [-0.3, -0.25) is 9.59 Å². The predicted octanol–water partition coefficient (Wildman–Crippen LogP) is 4.38. The first-order valence-electron chi connectivity index (χ1n) is 11.8. The standard InChI is InChI=1S/C27H34N4O5S/c1-18-9-6-7-12-21(18)29-24(33)23(19-10-8-11-20(32)17-19)31(15-14-28)25(34)22(13-16-37-5)30-26(35)36-27(2,3)4/h6-12,17,22-23,32H,13,15-16H2,1-5H3,(H,29,33)(H,30,35). The Kier molecular flexibility index (Phi) is 10.8. The molecule has 2 rings (SSSR count). The van der Waals surface area contributed by atoms with Crippen LogP contribution in [0.5, 0.6) is 5.75 Å². The Balaban J connectivity index is 2.49. The third-order valence-corrected chi connectivity index (χ3v) is 5.92. The van der Waals surface area contributed by atoms with Crippen LogP contribution in [0.3, 0.4) is 0 Å². The number of para-hydroxylation sites is 1. The van der Waals surface area contributed by atoms with E-state index in [0.29, 0.717) is 17.0 Å². The third-order valence-electron chi connectivity index (χ3n) is 5.27. The zero-order chi connectivity index (χ0) is 27.6. The molecule has 2 aromatic carbocycles. The van der Waals surface area contributed by atoms with Crippen LogP contribution >= 0.6 is 11.8 Å². The van der Waals surface area contributed by atoms with E-state index in [1.165, 1.54) is 23.9 Å². The average molecular weight is 527 g/mol. The molecule has 9 nitrogen and oxygen atoms in total. The van der Waals surface area contributed by atoms with Crippen molar-refractivity contribution in [1.29, 1.82) is 5.26 Å². The van der Waals surface area contributed by atoms with E-state index in [2.05, 4.69) is 10.6 Å². The minimum absolute atomic E-state index is 0.0960. The number of phenols is 1. The van der Waals surface area contributed by atoms with Crippen molar-refractivity contribution in [2.75, 3.05) is 23.9 Å². The molecule has 2 atom stereocenters. The first-order valence-corrected chi connectivity index (χ1v) is 13.2. The van der Waals surface area contributed by atoms with Crippen LogP contribution in [0.2, 0.25) is 0 Å². The number of nitrogens with one attached hydrogen (secondary N) is 2. The van der Waals surface area contributed by atoms with Crippen molar-refractivity contribution < 1.29 is 24.2 Å². The molecule has 198 valence electrons. The van der Waals surface area contributed by atoms with E-state index in [-0.39, 0.29) is 12.2 Å². The van der Waals surface area contributed by atoms with E-state index in [1.54, 1.807) is 45.0 Å². The number of rotatable bonds is 10. The number of nitrogens with zero attached hydrogens (tertiary/aromatic N) is 2. The molecule has 3 amide bonds. The largest absolute Gasteiger partial charge is 0.508 e. The summed E-state index contributed by atoms with van der Waals surface area (Å²) in [6, 6.07) is 12.8. The van der Waals surface area contributed by atoms with Crippen LogP contribution in [-0.2, 0) is 14.3 Å². The van der Waals surface area contributed by atoms with Gasteiger partial charge in [0.2, 0.25) is 5.91 Å². The van der Waals surface area contributed by atoms with Gasteiger partial charge < -0.3 is 25.4 Å². The van der Waals surface area contributed by atoms with E-state index in [9.17, 15) is 24.8 Å². The van der Waals surface area contributed by atoms with Crippen LogP contribution < -0.4 is 10.6 Å². The van der Waals surface area contributed by atoms with Crippen molar-refractivity contribution in [1.82, 2.24) is 10.2 Å². The second-order valence-corrected chi connectivity index (χ2v) is 10.4. The summed E-state index contributed by atoms with van der Waals surface area (Å²) in [6.07, 6.45) is 1.35. The number of benzene rings is 2. The summed E-state index contributed by atoms with van der Waals surface area (Å²) in [5, 5.41) is 25.1. The van der Waals surface area contributed by atoms with Gasteiger partial charge in [-0.2, -0.15) is 17.0 Å². The van der Waals surface area contributed by atoms with Gasteiger partial charge in [0.1, 0.15) is 30.0 Å². The van der Waals surface area contributed by atoms with Gasteiger partial charge in [-0.1, -0.05) is 30.3 Å². The molecule has 0 radical (unpaired) electrons. The molecule has 0 aliphatic carbocycles. The summed E-state index contributed by atoms with van der Waals surface area (Å²) in [7, 11) is 0. The maximum absolute atomic E-state index is 13.8. The summed E-state index contributed by atoms with van der Waals surface area (Å²) in [5.74, 6) is -0.737. The number of hydrogen-bond acceptors (Lipinski definition) is 7. The number of amides is 3. The molecule has 0 heterocycles. The highest BCUT2D eigenvalue weighted by atomic mass is 32.2. The number of alkyl carbamates (subject to hydrolysis) is 1. The molecule has 0 saturated heterocycles. The van der Waals surface area contributed by atoms with E-state index in [4.69, 9.17) is 4.74 Å². The van der Waals surface area contributed by atoms with Crippen LogP contribution in [0.4, 0.5) is 10.5 Å². The molecular formula is C27H34N4O5S.